The number of hydrogen-bond donors (Lipinski definition) is 1. The fourth-order valence-electron chi connectivity index (χ4n) is 3.04. The van der Waals surface area contributed by atoms with Gasteiger partial charge in [0.2, 0.25) is 5.89 Å². The summed E-state index contributed by atoms with van der Waals surface area (Å²) in [5, 5.41) is 4.80. The van der Waals surface area contributed by atoms with E-state index in [2.05, 4.69) is 27.2 Å². The molecule has 0 radical (unpaired) electrons. The molecule has 2 aromatic rings. The lowest BCUT2D eigenvalue weighted by Gasteiger charge is -2.29. The van der Waals surface area contributed by atoms with Gasteiger partial charge in [0, 0.05) is 11.1 Å². The van der Waals surface area contributed by atoms with Crippen molar-refractivity contribution in [3.63, 3.8) is 0 Å². The van der Waals surface area contributed by atoms with Crippen LogP contribution >= 0.6 is 11.6 Å². The molecule has 1 fully saturated rings. The molecule has 22 heavy (non-hydrogen) atoms. The summed E-state index contributed by atoms with van der Waals surface area (Å²) in [6.45, 7) is 2.02. The number of nitrogens with two attached hydrogens (primary N) is 1. The van der Waals surface area contributed by atoms with Gasteiger partial charge in [-0.1, -0.05) is 41.7 Å². The van der Waals surface area contributed by atoms with E-state index in [1.54, 1.807) is 0 Å². The zero-order valence-corrected chi connectivity index (χ0v) is 13.3. The minimum atomic E-state index is 0.285. The van der Waals surface area contributed by atoms with Crippen molar-refractivity contribution in [1.82, 2.24) is 15.0 Å². The Kier molecular flexibility index (Phi) is 5.08. The van der Waals surface area contributed by atoms with Gasteiger partial charge in [0.1, 0.15) is 0 Å². The van der Waals surface area contributed by atoms with Crippen molar-refractivity contribution in [2.24, 2.45) is 5.73 Å². The summed E-state index contributed by atoms with van der Waals surface area (Å²) in [6, 6.07) is 8.53. The van der Waals surface area contributed by atoms with Gasteiger partial charge in [-0.3, -0.25) is 4.90 Å². The van der Waals surface area contributed by atoms with Crippen molar-refractivity contribution in [2.75, 3.05) is 6.54 Å². The number of rotatable bonds is 4. The predicted molar refractivity (Wildman–Crippen MR) is 85.3 cm³/mol. The van der Waals surface area contributed by atoms with Crippen LogP contribution in [-0.2, 0) is 13.1 Å². The van der Waals surface area contributed by atoms with E-state index in [1.165, 1.54) is 24.8 Å². The van der Waals surface area contributed by atoms with Gasteiger partial charge in [0.15, 0.2) is 5.82 Å². The molecule has 1 aromatic carbocycles. The quantitative estimate of drug-likeness (QED) is 0.936. The summed E-state index contributed by atoms with van der Waals surface area (Å²) in [6.07, 6.45) is 4.85. The van der Waals surface area contributed by atoms with Gasteiger partial charge in [-0.25, -0.2) is 0 Å². The smallest absolute Gasteiger partial charge is 0.240 e. The van der Waals surface area contributed by atoms with Crippen molar-refractivity contribution in [3.8, 4) is 0 Å². The first-order valence-electron chi connectivity index (χ1n) is 7.77. The average Bonchev–Trinajstić information content (AvgIpc) is 2.86. The SMILES string of the molecule is NCc1nc(CN2CCCCCC2c2ccc(Cl)cc2)no1. The van der Waals surface area contributed by atoms with Crippen LogP contribution in [-0.4, -0.2) is 21.6 Å². The van der Waals surface area contributed by atoms with Crippen molar-refractivity contribution in [2.45, 2.75) is 44.8 Å². The average molecular weight is 321 g/mol. The molecule has 1 aliphatic heterocycles. The molecule has 1 saturated heterocycles. The number of likely N-dealkylation sites (tertiary alicyclic amines) is 1. The van der Waals surface area contributed by atoms with Crippen LogP contribution in [0.2, 0.25) is 5.02 Å². The van der Waals surface area contributed by atoms with E-state index in [0.717, 1.165) is 18.0 Å². The summed E-state index contributed by atoms with van der Waals surface area (Å²) in [5.41, 5.74) is 6.83. The first-order chi connectivity index (χ1) is 10.8. The van der Waals surface area contributed by atoms with Crippen LogP contribution in [0.4, 0.5) is 0 Å². The maximum Gasteiger partial charge on any atom is 0.240 e. The van der Waals surface area contributed by atoms with Crippen molar-refractivity contribution < 1.29 is 4.52 Å². The second-order valence-electron chi connectivity index (χ2n) is 5.70. The molecule has 0 aliphatic carbocycles. The van der Waals surface area contributed by atoms with Crippen LogP contribution in [0, 0.1) is 0 Å². The Morgan fingerprint density at radius 3 is 2.77 bits per heavy atom. The zero-order valence-electron chi connectivity index (χ0n) is 12.5. The van der Waals surface area contributed by atoms with Gasteiger partial charge < -0.3 is 10.3 Å². The predicted octanol–water partition coefficient (Wildman–Crippen LogP) is 3.30. The Labute approximate surface area is 135 Å². The van der Waals surface area contributed by atoms with Crippen LogP contribution in [0.15, 0.2) is 28.8 Å². The van der Waals surface area contributed by atoms with Gasteiger partial charge >= 0.3 is 0 Å². The summed E-state index contributed by atoms with van der Waals surface area (Å²) in [5.74, 6) is 1.20. The Balaban J connectivity index is 1.79. The maximum atomic E-state index is 6.01. The molecule has 1 aromatic heterocycles. The second kappa shape index (κ2) is 7.22. The molecule has 118 valence electrons. The summed E-state index contributed by atoms with van der Waals surface area (Å²) < 4.78 is 5.11. The number of halogens is 1. The van der Waals surface area contributed by atoms with Gasteiger partial charge in [0.05, 0.1) is 13.1 Å². The second-order valence-corrected chi connectivity index (χ2v) is 6.13. The lowest BCUT2D eigenvalue weighted by Crippen LogP contribution is -2.28. The third-order valence-electron chi connectivity index (χ3n) is 4.15. The Morgan fingerprint density at radius 1 is 1.23 bits per heavy atom. The van der Waals surface area contributed by atoms with Crippen LogP contribution in [0.25, 0.3) is 0 Å². The van der Waals surface area contributed by atoms with E-state index in [-0.39, 0.29) is 6.54 Å². The molecule has 0 amide bonds. The van der Waals surface area contributed by atoms with Crippen LogP contribution in [0.3, 0.4) is 0 Å². The van der Waals surface area contributed by atoms with E-state index in [4.69, 9.17) is 21.9 Å². The van der Waals surface area contributed by atoms with Crippen molar-refractivity contribution in [1.29, 1.82) is 0 Å². The fourth-order valence-corrected chi connectivity index (χ4v) is 3.16. The topological polar surface area (TPSA) is 68.2 Å². The molecule has 1 atom stereocenters. The van der Waals surface area contributed by atoms with E-state index in [9.17, 15) is 0 Å². The Bertz CT molecular complexity index is 598. The molecule has 2 N–H and O–H groups in total. The highest BCUT2D eigenvalue weighted by Crippen LogP contribution is 2.31. The summed E-state index contributed by atoms with van der Waals surface area (Å²) in [4.78, 5) is 6.76. The molecule has 5 nitrogen and oxygen atoms in total. The van der Waals surface area contributed by atoms with Gasteiger partial charge in [-0.15, -0.1) is 0 Å². The molecular formula is C16H21ClN4O. The molecule has 0 saturated carbocycles. The minimum Gasteiger partial charge on any atom is -0.338 e. The number of hydrogen-bond acceptors (Lipinski definition) is 5. The van der Waals surface area contributed by atoms with E-state index in [1.807, 2.05) is 12.1 Å². The third-order valence-corrected chi connectivity index (χ3v) is 4.40. The van der Waals surface area contributed by atoms with Crippen LogP contribution in [0.5, 0.6) is 0 Å². The lowest BCUT2D eigenvalue weighted by atomic mass is 10.0. The molecule has 3 rings (SSSR count). The lowest BCUT2D eigenvalue weighted by molar-refractivity contribution is 0.185. The highest BCUT2D eigenvalue weighted by atomic mass is 35.5. The normalized spacial score (nSPS) is 20.0. The van der Waals surface area contributed by atoms with E-state index < -0.39 is 0 Å². The first-order valence-corrected chi connectivity index (χ1v) is 8.15. The van der Waals surface area contributed by atoms with Gasteiger partial charge in [0.25, 0.3) is 0 Å². The molecule has 1 aliphatic rings. The number of nitrogens with zero attached hydrogens (tertiary/aromatic N) is 3. The van der Waals surface area contributed by atoms with E-state index in [0.29, 0.717) is 24.3 Å². The monoisotopic (exact) mass is 320 g/mol. The standard InChI is InChI=1S/C16H21ClN4O/c17-13-7-5-12(6-8-13)14-4-2-1-3-9-21(14)11-15-19-16(10-18)22-20-15/h5-8,14H,1-4,9-11,18H2. The molecule has 1 unspecified atom stereocenters. The minimum absolute atomic E-state index is 0.285. The Morgan fingerprint density at radius 2 is 2.05 bits per heavy atom. The largest absolute Gasteiger partial charge is 0.338 e. The molecule has 6 heteroatoms. The molecule has 0 spiro atoms. The van der Waals surface area contributed by atoms with Gasteiger partial charge in [-0.05, 0) is 37.1 Å². The number of benzene rings is 1. The van der Waals surface area contributed by atoms with E-state index >= 15 is 0 Å². The summed E-state index contributed by atoms with van der Waals surface area (Å²) >= 11 is 6.01. The van der Waals surface area contributed by atoms with Crippen LogP contribution in [0.1, 0.15) is 49.0 Å². The Hall–Kier alpha value is -1.43. The third kappa shape index (κ3) is 3.66. The van der Waals surface area contributed by atoms with Crippen molar-refractivity contribution >= 4 is 11.6 Å². The van der Waals surface area contributed by atoms with Crippen molar-refractivity contribution in [3.05, 3.63) is 46.6 Å². The number of aromatic nitrogens is 2. The molecule has 2 heterocycles. The van der Waals surface area contributed by atoms with Crippen LogP contribution < -0.4 is 5.73 Å². The first kappa shape index (κ1) is 15.5. The fraction of sp³-hybridized carbons (Fsp3) is 0.500. The highest BCUT2D eigenvalue weighted by molar-refractivity contribution is 6.30. The zero-order chi connectivity index (χ0) is 15.4. The molecular weight excluding hydrogens is 300 g/mol. The highest BCUT2D eigenvalue weighted by Gasteiger charge is 2.24. The maximum absolute atomic E-state index is 6.01. The molecule has 0 bridgehead atoms. The summed E-state index contributed by atoms with van der Waals surface area (Å²) in [7, 11) is 0. The van der Waals surface area contributed by atoms with Gasteiger partial charge in [-0.2, -0.15) is 4.98 Å².